The van der Waals surface area contributed by atoms with Gasteiger partial charge in [0.15, 0.2) is 17.5 Å². The average Bonchev–Trinajstić information content (AvgIpc) is 3.69. The Kier molecular flexibility index (Phi) is 4.69. The Morgan fingerprint density at radius 3 is 2.92 bits per heavy atom. The van der Waals surface area contributed by atoms with Gasteiger partial charge in [-0.3, -0.25) is 10.0 Å². The van der Waals surface area contributed by atoms with Crippen LogP contribution in [0.3, 0.4) is 0 Å². The number of carbonyl (C=O) groups excluding carboxylic acids is 1. The summed E-state index contributed by atoms with van der Waals surface area (Å²) in [6, 6.07) is -1.88. The van der Waals surface area contributed by atoms with Crippen LogP contribution in [-0.2, 0) is 4.79 Å². The van der Waals surface area contributed by atoms with E-state index in [9.17, 15) is 20.9 Å². The Balaban J connectivity index is 1.48. The number of aliphatic hydroxyl groups excluding tert-OH is 1. The zero-order valence-electron chi connectivity index (χ0n) is 24.0. The quantitative estimate of drug-likeness (QED) is 0.603. The Labute approximate surface area is 226 Å². The number of aromatic nitrogens is 4. The molecule has 4 aliphatic heterocycles. The summed E-state index contributed by atoms with van der Waals surface area (Å²) in [7, 11) is 0. The number of rotatable bonds is 4. The Bertz CT molecular complexity index is 1760. The summed E-state index contributed by atoms with van der Waals surface area (Å²) in [5, 5.41) is 29.8. The fourth-order valence-electron chi connectivity index (χ4n) is 4.35. The van der Waals surface area contributed by atoms with Gasteiger partial charge >= 0.3 is 0 Å². The molecule has 11 nitrogen and oxygen atoms in total. The van der Waals surface area contributed by atoms with Crippen molar-refractivity contribution in [3.63, 3.8) is 0 Å². The van der Waals surface area contributed by atoms with Gasteiger partial charge in [-0.15, -0.1) is 5.10 Å². The number of allylic oxidation sites excluding steroid dienone is 4. The number of amidine groups is 1. The molecule has 2 aromatic rings. The van der Waals surface area contributed by atoms with Crippen LogP contribution in [-0.4, -0.2) is 77.1 Å². The molecule has 0 unspecified atom stereocenters. The number of hydrogen-bond donors (Lipinski definition) is 2. The van der Waals surface area contributed by atoms with Gasteiger partial charge in [0, 0.05) is 34.9 Å². The number of tetrazole rings is 1. The highest BCUT2D eigenvalue weighted by atomic mass is 35.5. The highest BCUT2D eigenvalue weighted by Crippen LogP contribution is 2.41. The fourth-order valence-corrected chi connectivity index (χ4v) is 4.51. The maximum Gasteiger partial charge on any atom is 0.247 e. The number of fused-ring (bicyclic) bond motifs is 1. The number of carbonyl (C=O) groups is 1. The SMILES string of the molecule is [2H]C1([2H])C[C@@H](C2=N/C(=C3\C=CN(O)C(CO)=C3F)C=N2)N2C(=O)C=C(c3c(-n4cnnn4)ccc(Cl)c3F)C([2H])([2H])[C@]21[2H]. The van der Waals surface area contributed by atoms with Gasteiger partial charge < -0.3 is 10.0 Å². The van der Waals surface area contributed by atoms with E-state index in [1.54, 1.807) is 0 Å². The van der Waals surface area contributed by atoms with Crippen LogP contribution in [0.1, 0.15) is 31.6 Å². The molecule has 1 fully saturated rings. The van der Waals surface area contributed by atoms with E-state index in [1.807, 2.05) is 0 Å². The van der Waals surface area contributed by atoms with Crippen LogP contribution in [0.15, 0.2) is 69.6 Å². The smallest absolute Gasteiger partial charge is 0.247 e. The fraction of sp³-hybridized carbons (Fsp3) is 0.250. The van der Waals surface area contributed by atoms with Crippen LogP contribution in [0.2, 0.25) is 5.02 Å². The van der Waals surface area contributed by atoms with Crippen molar-refractivity contribution in [2.24, 2.45) is 9.98 Å². The lowest BCUT2D eigenvalue weighted by Gasteiger charge is -2.33. The molecule has 0 aliphatic carbocycles. The Morgan fingerprint density at radius 1 is 1.32 bits per heavy atom. The largest absolute Gasteiger partial charge is 0.390 e. The first-order valence-electron chi connectivity index (χ1n) is 13.5. The molecule has 1 amide bonds. The topological polar surface area (TPSA) is 132 Å². The number of halogens is 3. The van der Waals surface area contributed by atoms with Crippen molar-refractivity contribution in [1.29, 1.82) is 0 Å². The van der Waals surface area contributed by atoms with Crippen LogP contribution in [0.5, 0.6) is 0 Å². The predicted molar refractivity (Wildman–Crippen MR) is 131 cm³/mol. The maximum absolute atomic E-state index is 15.6. The first-order chi connectivity index (χ1) is 20.2. The summed E-state index contributed by atoms with van der Waals surface area (Å²) in [5.41, 5.74) is -2.00. The first kappa shape index (κ1) is 19.1. The number of nitrogens with zero attached hydrogens (tertiary/aromatic N) is 8. The summed E-state index contributed by atoms with van der Waals surface area (Å²) in [5.74, 6) is -3.38. The van der Waals surface area contributed by atoms with Gasteiger partial charge in [-0.2, -0.15) is 4.68 Å². The van der Waals surface area contributed by atoms with Crippen LogP contribution in [0, 0.1) is 5.82 Å². The van der Waals surface area contributed by atoms with Crippen molar-refractivity contribution in [3.8, 4) is 5.69 Å². The Morgan fingerprint density at radius 2 is 2.16 bits per heavy atom. The van der Waals surface area contributed by atoms with Crippen molar-refractivity contribution in [2.45, 2.75) is 31.2 Å². The minimum absolute atomic E-state index is 0.0818. The van der Waals surface area contributed by atoms with Crippen molar-refractivity contribution in [3.05, 3.63) is 76.0 Å². The van der Waals surface area contributed by atoms with Gasteiger partial charge in [0.25, 0.3) is 0 Å². The lowest BCUT2D eigenvalue weighted by molar-refractivity contribution is -0.128. The van der Waals surface area contributed by atoms with Gasteiger partial charge in [0.1, 0.15) is 12.0 Å². The monoisotopic (exact) mass is 545 g/mol. The van der Waals surface area contributed by atoms with E-state index < -0.39 is 77.2 Å². The second kappa shape index (κ2) is 9.35. The van der Waals surface area contributed by atoms with Crippen molar-refractivity contribution in [2.75, 3.05) is 6.61 Å². The van der Waals surface area contributed by atoms with Crippen molar-refractivity contribution >= 4 is 35.1 Å². The second-order valence-electron chi connectivity index (χ2n) is 8.25. The van der Waals surface area contributed by atoms with E-state index in [2.05, 4.69) is 25.5 Å². The molecule has 2 N–H and O–H groups in total. The zero-order valence-corrected chi connectivity index (χ0v) is 19.8. The summed E-state index contributed by atoms with van der Waals surface area (Å²) in [6.07, 6.45) is -1.21. The highest BCUT2D eigenvalue weighted by molar-refractivity contribution is 6.31. The molecule has 6 rings (SSSR count). The maximum atomic E-state index is 15.6. The lowest BCUT2D eigenvalue weighted by Crippen LogP contribution is -2.45. The molecule has 0 saturated carbocycles. The molecule has 0 spiro atoms. The van der Waals surface area contributed by atoms with E-state index in [1.165, 1.54) is 12.1 Å². The average molecular weight is 546 g/mol. The molecule has 5 heterocycles. The molecule has 1 saturated heterocycles. The standard InChI is InChI=1S/C24H19ClF2N8O3/c25-15-2-4-17(33-11-29-31-32-33)21(23(15)27)12-7-13-1-3-18(35(13)20(37)8-12)24-28-9-16(30-24)14-5-6-34(38)19(10-36)22(14)26/h2,4-6,8-9,11,13,18,36,38H,1,3,7,10H2/b16-14+/t13-,18+/m1/s1/i1D2,7D2,13D. The minimum atomic E-state index is -3.06. The van der Waals surface area contributed by atoms with Gasteiger partial charge in [0.05, 0.1) is 36.6 Å². The third-order valence-corrected chi connectivity index (χ3v) is 6.43. The molecule has 194 valence electrons. The normalized spacial score (nSPS) is 31.4. The molecule has 1 aromatic heterocycles. The predicted octanol–water partition coefficient (Wildman–Crippen LogP) is 2.73. The molecule has 0 radical (unpaired) electrons. The minimum Gasteiger partial charge on any atom is -0.390 e. The van der Waals surface area contributed by atoms with E-state index in [0.29, 0.717) is 9.96 Å². The molecule has 4 aliphatic rings. The van der Waals surface area contributed by atoms with Crippen molar-refractivity contribution in [1.82, 2.24) is 30.2 Å². The summed E-state index contributed by atoms with van der Waals surface area (Å²) in [4.78, 5) is 22.7. The number of aliphatic hydroxyl groups is 1. The van der Waals surface area contributed by atoms with Crippen LogP contribution >= 0.6 is 11.6 Å². The zero-order chi connectivity index (χ0) is 31.1. The van der Waals surface area contributed by atoms with Gasteiger partial charge in [-0.1, -0.05) is 11.6 Å². The van der Waals surface area contributed by atoms with E-state index in [-0.39, 0.29) is 22.8 Å². The van der Waals surface area contributed by atoms with Crippen LogP contribution in [0.25, 0.3) is 11.3 Å². The molecule has 14 heteroatoms. The molecule has 2 atom stereocenters. The first-order valence-corrected chi connectivity index (χ1v) is 11.4. The molecule has 1 aromatic carbocycles. The number of amides is 1. The number of hydrogen-bond acceptors (Lipinski definition) is 9. The second-order valence-corrected chi connectivity index (χ2v) is 8.66. The van der Waals surface area contributed by atoms with E-state index >= 15 is 4.39 Å². The molecule has 0 bridgehead atoms. The molecule has 38 heavy (non-hydrogen) atoms. The van der Waals surface area contributed by atoms with Gasteiger partial charge in [0.2, 0.25) is 5.91 Å². The lowest BCUT2D eigenvalue weighted by atomic mass is 9.92. The Hall–Kier alpha value is -4.07. The van der Waals surface area contributed by atoms with E-state index in [4.69, 9.17) is 17.1 Å². The van der Waals surface area contributed by atoms with Crippen LogP contribution in [0.4, 0.5) is 8.78 Å². The third kappa shape index (κ3) is 3.86. The summed E-state index contributed by atoms with van der Waals surface area (Å²) < 4.78 is 76.3. The highest BCUT2D eigenvalue weighted by Gasteiger charge is 2.43. The molecular formula is C24H19ClF2N8O3. The third-order valence-electron chi connectivity index (χ3n) is 6.14. The van der Waals surface area contributed by atoms with Gasteiger partial charge in [-0.05, 0) is 53.4 Å². The van der Waals surface area contributed by atoms with Crippen molar-refractivity contribution < 1.29 is 30.7 Å². The van der Waals surface area contributed by atoms with E-state index in [0.717, 1.165) is 35.6 Å². The number of hydroxylamine groups is 2. The number of benzene rings is 1. The summed E-state index contributed by atoms with van der Waals surface area (Å²) >= 11 is 6.02. The molecular weight excluding hydrogens is 522 g/mol. The number of aliphatic imine (C=N–C) groups is 2. The van der Waals surface area contributed by atoms with Crippen LogP contribution < -0.4 is 0 Å². The summed E-state index contributed by atoms with van der Waals surface area (Å²) in [6.45, 7) is -0.838. The van der Waals surface area contributed by atoms with Gasteiger partial charge in [-0.25, -0.2) is 23.8 Å².